The predicted octanol–water partition coefficient (Wildman–Crippen LogP) is 1.76. The van der Waals surface area contributed by atoms with Crippen molar-refractivity contribution in [3.8, 4) is 0 Å². The zero-order valence-electron chi connectivity index (χ0n) is 16.3. The molecule has 158 valence electrons. The Kier molecular flexibility index (Phi) is 8.88. The maximum Gasteiger partial charge on any atom is 0.410 e. The van der Waals surface area contributed by atoms with Gasteiger partial charge in [-0.3, -0.25) is 9.48 Å². The zero-order chi connectivity index (χ0) is 19.8. The minimum atomic E-state index is -0.347. The quantitative estimate of drug-likeness (QED) is 0.677. The lowest BCUT2D eigenvalue weighted by Crippen LogP contribution is -2.52. The van der Waals surface area contributed by atoms with Gasteiger partial charge in [-0.05, 0) is 12.0 Å². The molecule has 29 heavy (non-hydrogen) atoms. The number of aryl methyl sites for hydroxylation is 1. The molecule has 1 saturated heterocycles. The van der Waals surface area contributed by atoms with Crippen LogP contribution in [0.2, 0.25) is 0 Å². The molecule has 1 aliphatic rings. The number of piperazine rings is 1. The highest BCUT2D eigenvalue weighted by molar-refractivity contribution is 5.85. The highest BCUT2D eigenvalue weighted by Crippen LogP contribution is 2.09. The van der Waals surface area contributed by atoms with Crippen LogP contribution >= 0.6 is 12.4 Å². The van der Waals surface area contributed by atoms with Crippen molar-refractivity contribution < 1.29 is 19.1 Å². The maximum atomic E-state index is 12.3. The first-order chi connectivity index (χ1) is 13.6. The molecular formula is C19H26ClN5O4. The van der Waals surface area contributed by atoms with E-state index in [0.29, 0.717) is 25.3 Å². The van der Waals surface area contributed by atoms with Gasteiger partial charge in [-0.15, -0.1) is 17.5 Å². The van der Waals surface area contributed by atoms with E-state index in [0.717, 1.165) is 18.5 Å². The number of hydrogen-bond acceptors (Lipinski definition) is 7. The number of benzene rings is 1. The van der Waals surface area contributed by atoms with E-state index in [1.165, 1.54) is 6.92 Å². The van der Waals surface area contributed by atoms with E-state index in [2.05, 4.69) is 15.6 Å². The second-order valence-electron chi connectivity index (χ2n) is 6.68. The van der Waals surface area contributed by atoms with Crippen LogP contribution in [0, 0.1) is 0 Å². The molecule has 1 fully saturated rings. The van der Waals surface area contributed by atoms with Gasteiger partial charge in [-0.25, -0.2) is 4.79 Å². The molecule has 0 aliphatic carbocycles. The van der Waals surface area contributed by atoms with Crippen molar-refractivity contribution in [1.82, 2.24) is 25.2 Å². The molecule has 1 amide bonds. The second kappa shape index (κ2) is 11.4. The van der Waals surface area contributed by atoms with Crippen LogP contribution in [-0.2, 0) is 34.0 Å². The summed E-state index contributed by atoms with van der Waals surface area (Å²) < 4.78 is 12.0. The Hall–Kier alpha value is -2.65. The molecular weight excluding hydrogens is 398 g/mol. The van der Waals surface area contributed by atoms with Crippen LogP contribution in [-0.4, -0.2) is 57.6 Å². The molecule has 9 nitrogen and oxygen atoms in total. The topological polar surface area (TPSA) is 98.6 Å². The molecule has 10 heteroatoms. The summed E-state index contributed by atoms with van der Waals surface area (Å²) in [4.78, 5) is 24.9. The number of nitrogens with zero attached hydrogens (tertiary/aromatic N) is 4. The highest BCUT2D eigenvalue weighted by Gasteiger charge is 2.24. The van der Waals surface area contributed by atoms with E-state index < -0.39 is 0 Å². The third-order valence-electron chi connectivity index (χ3n) is 4.43. The van der Waals surface area contributed by atoms with Gasteiger partial charge < -0.3 is 19.7 Å². The van der Waals surface area contributed by atoms with Crippen LogP contribution in [0.3, 0.4) is 0 Å². The van der Waals surface area contributed by atoms with Gasteiger partial charge in [-0.1, -0.05) is 35.5 Å². The Morgan fingerprint density at radius 2 is 2.00 bits per heavy atom. The SMILES string of the molecule is CC(=O)OCc1cn(CC[C@@H]2CN(C(=O)OCc3ccccc3)CCN2)nn1.Cl. The molecule has 1 aromatic carbocycles. The summed E-state index contributed by atoms with van der Waals surface area (Å²) in [7, 11) is 0. The van der Waals surface area contributed by atoms with Crippen LogP contribution in [0.5, 0.6) is 0 Å². The number of esters is 1. The fraction of sp³-hybridized carbons (Fsp3) is 0.474. The maximum absolute atomic E-state index is 12.3. The summed E-state index contributed by atoms with van der Waals surface area (Å²) in [6, 6.07) is 9.79. The third-order valence-corrected chi connectivity index (χ3v) is 4.43. The smallest absolute Gasteiger partial charge is 0.410 e. The van der Waals surface area contributed by atoms with Crippen LogP contribution in [0.1, 0.15) is 24.6 Å². The third kappa shape index (κ3) is 7.35. The first kappa shape index (κ1) is 22.6. The Labute approximate surface area is 175 Å². The lowest BCUT2D eigenvalue weighted by Gasteiger charge is -2.33. The number of carbonyl (C=O) groups excluding carboxylic acids is 2. The van der Waals surface area contributed by atoms with Crippen molar-refractivity contribution in [2.45, 2.75) is 39.1 Å². The van der Waals surface area contributed by atoms with Crippen LogP contribution in [0.15, 0.2) is 36.5 Å². The van der Waals surface area contributed by atoms with Crippen molar-refractivity contribution in [2.24, 2.45) is 0 Å². The van der Waals surface area contributed by atoms with Crippen molar-refractivity contribution in [3.63, 3.8) is 0 Å². The summed E-state index contributed by atoms with van der Waals surface area (Å²) in [5, 5.41) is 11.4. The number of rotatable bonds is 7. The number of aromatic nitrogens is 3. The summed E-state index contributed by atoms with van der Waals surface area (Å²) >= 11 is 0. The van der Waals surface area contributed by atoms with Gasteiger partial charge in [0.25, 0.3) is 0 Å². The highest BCUT2D eigenvalue weighted by atomic mass is 35.5. The number of hydrogen-bond donors (Lipinski definition) is 1. The molecule has 2 aromatic rings. The van der Waals surface area contributed by atoms with Crippen molar-refractivity contribution in [2.75, 3.05) is 19.6 Å². The number of amides is 1. The van der Waals surface area contributed by atoms with E-state index in [1.807, 2.05) is 30.3 Å². The first-order valence-corrected chi connectivity index (χ1v) is 9.31. The molecule has 1 aliphatic heterocycles. The van der Waals surface area contributed by atoms with Crippen molar-refractivity contribution >= 4 is 24.5 Å². The lowest BCUT2D eigenvalue weighted by atomic mass is 10.1. The van der Waals surface area contributed by atoms with Gasteiger partial charge >= 0.3 is 12.1 Å². The second-order valence-corrected chi connectivity index (χ2v) is 6.68. The van der Waals surface area contributed by atoms with Gasteiger partial charge in [0.05, 0.1) is 6.20 Å². The average Bonchev–Trinajstić information content (AvgIpc) is 3.18. The Morgan fingerprint density at radius 3 is 2.76 bits per heavy atom. The Balaban J connectivity index is 0.00000300. The number of halogens is 1. The van der Waals surface area contributed by atoms with E-state index in [-0.39, 0.29) is 43.7 Å². The van der Waals surface area contributed by atoms with E-state index in [4.69, 9.17) is 9.47 Å². The minimum absolute atomic E-state index is 0. The fourth-order valence-corrected chi connectivity index (χ4v) is 2.97. The monoisotopic (exact) mass is 423 g/mol. The summed E-state index contributed by atoms with van der Waals surface area (Å²) in [6.45, 7) is 4.34. The van der Waals surface area contributed by atoms with Crippen LogP contribution < -0.4 is 5.32 Å². The molecule has 1 N–H and O–H groups in total. The summed E-state index contributed by atoms with van der Waals surface area (Å²) in [6.07, 6.45) is 2.26. The van der Waals surface area contributed by atoms with Gasteiger partial charge in [-0.2, -0.15) is 0 Å². The molecule has 1 atom stereocenters. The van der Waals surface area contributed by atoms with E-state index >= 15 is 0 Å². The Bertz CT molecular complexity index is 786. The first-order valence-electron chi connectivity index (χ1n) is 9.31. The number of nitrogens with one attached hydrogen (secondary N) is 1. The summed E-state index contributed by atoms with van der Waals surface area (Å²) in [5.41, 5.74) is 1.58. The minimum Gasteiger partial charge on any atom is -0.459 e. The van der Waals surface area contributed by atoms with Crippen molar-refractivity contribution in [3.05, 3.63) is 47.8 Å². The molecule has 2 heterocycles. The van der Waals surface area contributed by atoms with E-state index in [1.54, 1.807) is 15.8 Å². The number of ether oxygens (including phenoxy) is 2. The van der Waals surface area contributed by atoms with Gasteiger partial charge in [0.15, 0.2) is 0 Å². The van der Waals surface area contributed by atoms with Crippen LogP contribution in [0.4, 0.5) is 4.79 Å². The number of carbonyl (C=O) groups is 2. The molecule has 3 rings (SSSR count). The standard InChI is InChI=1S/C19H25N5O4.ClH/c1-15(25)27-14-18-12-24(22-21-18)9-7-17-11-23(10-8-20-17)19(26)28-13-16-5-3-2-4-6-16;/h2-6,12,17,20H,7-11,13-14H2,1H3;1H/t17-;/m1./s1. The van der Waals surface area contributed by atoms with E-state index in [9.17, 15) is 9.59 Å². The normalized spacial score (nSPS) is 16.0. The van der Waals surface area contributed by atoms with Gasteiger partial charge in [0, 0.05) is 39.1 Å². The molecule has 1 aromatic heterocycles. The Morgan fingerprint density at radius 1 is 1.21 bits per heavy atom. The lowest BCUT2D eigenvalue weighted by molar-refractivity contribution is -0.142. The predicted molar refractivity (Wildman–Crippen MR) is 107 cm³/mol. The molecule has 0 spiro atoms. The fourth-order valence-electron chi connectivity index (χ4n) is 2.97. The summed E-state index contributed by atoms with van der Waals surface area (Å²) in [5.74, 6) is -0.347. The van der Waals surface area contributed by atoms with Crippen molar-refractivity contribution in [1.29, 1.82) is 0 Å². The molecule has 0 radical (unpaired) electrons. The molecule has 0 unspecified atom stereocenters. The molecule has 0 saturated carbocycles. The van der Waals surface area contributed by atoms with Gasteiger partial charge in [0.1, 0.15) is 18.9 Å². The zero-order valence-corrected chi connectivity index (χ0v) is 17.1. The largest absolute Gasteiger partial charge is 0.459 e. The molecule has 0 bridgehead atoms. The van der Waals surface area contributed by atoms with Crippen LogP contribution in [0.25, 0.3) is 0 Å². The average molecular weight is 424 g/mol. The van der Waals surface area contributed by atoms with Gasteiger partial charge in [0.2, 0.25) is 0 Å².